The summed E-state index contributed by atoms with van der Waals surface area (Å²) >= 11 is 3.15. The summed E-state index contributed by atoms with van der Waals surface area (Å²) in [5.41, 5.74) is 0.858. The van der Waals surface area contributed by atoms with Crippen molar-refractivity contribution in [2.24, 2.45) is 0 Å². The molecule has 2 heterocycles. The Morgan fingerprint density at radius 2 is 2.10 bits per heavy atom. The second-order valence-corrected chi connectivity index (χ2v) is 8.94. The van der Waals surface area contributed by atoms with Gasteiger partial charge < -0.3 is 9.47 Å². The van der Waals surface area contributed by atoms with Crippen molar-refractivity contribution >= 4 is 44.4 Å². The van der Waals surface area contributed by atoms with Gasteiger partial charge in [-0.1, -0.05) is 23.5 Å². The Kier molecular flexibility index (Phi) is 7.39. The van der Waals surface area contributed by atoms with Crippen molar-refractivity contribution in [1.82, 2.24) is 9.88 Å². The van der Waals surface area contributed by atoms with Crippen molar-refractivity contribution in [3.05, 3.63) is 48.3 Å². The second-order valence-electron chi connectivity index (χ2n) is 7.05. The molecule has 0 aliphatic carbocycles. The lowest BCUT2D eigenvalue weighted by Crippen LogP contribution is -2.44. The Hall–Kier alpha value is -2.20. The molecule has 1 aromatic heterocycles. The molecule has 1 aliphatic heterocycles. The van der Waals surface area contributed by atoms with E-state index >= 15 is 0 Å². The summed E-state index contributed by atoms with van der Waals surface area (Å²) in [6.45, 7) is 4.01. The summed E-state index contributed by atoms with van der Waals surface area (Å²) in [4.78, 5) is 22.9. The van der Waals surface area contributed by atoms with E-state index in [1.165, 1.54) is 23.5 Å². The number of thiazole rings is 1. The van der Waals surface area contributed by atoms with Crippen LogP contribution in [0.4, 0.5) is 9.52 Å². The van der Waals surface area contributed by atoms with E-state index in [2.05, 4.69) is 16.0 Å². The third-order valence-corrected chi connectivity index (χ3v) is 6.81. The van der Waals surface area contributed by atoms with Gasteiger partial charge in [0.25, 0.3) is 5.91 Å². The Labute approximate surface area is 189 Å². The molecule has 0 N–H and O–H groups in total. The monoisotopic (exact) mass is 461 g/mol. The van der Waals surface area contributed by atoms with Crippen LogP contribution in [0.25, 0.3) is 10.2 Å². The molecule has 9 heteroatoms. The minimum Gasteiger partial charge on any atom is -0.481 e. The molecule has 1 aliphatic rings. The Morgan fingerprint density at radius 1 is 1.29 bits per heavy atom. The highest BCUT2D eigenvalue weighted by atomic mass is 32.2. The molecular weight excluding hydrogens is 437 g/mol. The van der Waals surface area contributed by atoms with Crippen LogP contribution in [0.2, 0.25) is 0 Å². The number of aromatic nitrogens is 1. The first kappa shape index (κ1) is 22.0. The highest BCUT2D eigenvalue weighted by molar-refractivity contribution is 7.98. The number of benzene rings is 2. The summed E-state index contributed by atoms with van der Waals surface area (Å²) in [5, 5.41) is 0.628. The molecule has 6 nitrogen and oxygen atoms in total. The number of ether oxygens (including phenoxy) is 2. The van der Waals surface area contributed by atoms with Gasteiger partial charge >= 0.3 is 0 Å². The Bertz CT molecular complexity index is 1040. The number of nitrogens with zero attached hydrogens (tertiary/aromatic N) is 3. The molecule has 164 valence electrons. The van der Waals surface area contributed by atoms with Crippen molar-refractivity contribution in [2.45, 2.75) is 4.90 Å². The fourth-order valence-corrected chi connectivity index (χ4v) is 4.87. The van der Waals surface area contributed by atoms with Crippen LogP contribution in [-0.2, 0) is 9.53 Å². The van der Waals surface area contributed by atoms with Crippen LogP contribution in [0, 0.1) is 5.82 Å². The molecular formula is C22H24FN3O3S2. The van der Waals surface area contributed by atoms with E-state index in [4.69, 9.17) is 9.47 Å². The summed E-state index contributed by atoms with van der Waals surface area (Å²) in [5.74, 6) is -0.668. The Morgan fingerprint density at radius 3 is 2.87 bits per heavy atom. The number of fused-ring (bicyclic) bond motifs is 1. The minimum absolute atomic E-state index is 0.0675. The van der Waals surface area contributed by atoms with Gasteiger partial charge in [-0.05, 0) is 36.6 Å². The fraction of sp³-hybridized carbons (Fsp3) is 0.364. The molecule has 2 aromatic carbocycles. The molecule has 0 saturated carbocycles. The first-order valence-electron chi connectivity index (χ1n) is 10.1. The van der Waals surface area contributed by atoms with E-state index < -0.39 is 5.82 Å². The van der Waals surface area contributed by atoms with E-state index in [-0.39, 0.29) is 18.3 Å². The number of anilines is 1. The summed E-state index contributed by atoms with van der Waals surface area (Å²) < 4.78 is 25.8. The van der Waals surface area contributed by atoms with Gasteiger partial charge in [-0.15, -0.1) is 11.8 Å². The van der Waals surface area contributed by atoms with Crippen LogP contribution in [0.1, 0.15) is 0 Å². The van der Waals surface area contributed by atoms with Gasteiger partial charge in [-0.2, -0.15) is 0 Å². The highest BCUT2D eigenvalue weighted by Gasteiger charge is 2.22. The maximum absolute atomic E-state index is 13.9. The van der Waals surface area contributed by atoms with Gasteiger partial charge in [0, 0.05) is 31.1 Å². The van der Waals surface area contributed by atoms with Crippen molar-refractivity contribution < 1.29 is 18.7 Å². The predicted octanol–water partition coefficient (Wildman–Crippen LogP) is 3.90. The molecule has 1 saturated heterocycles. The molecule has 0 radical (unpaired) electrons. The maximum atomic E-state index is 13.9. The van der Waals surface area contributed by atoms with Crippen LogP contribution in [0.15, 0.2) is 47.4 Å². The normalized spacial score (nSPS) is 14.6. The third kappa shape index (κ3) is 5.54. The van der Waals surface area contributed by atoms with E-state index in [1.807, 2.05) is 18.4 Å². The average Bonchev–Trinajstić information content (AvgIpc) is 3.22. The number of para-hydroxylation sites is 1. The lowest BCUT2D eigenvalue weighted by Gasteiger charge is -2.29. The maximum Gasteiger partial charge on any atom is 0.266 e. The molecule has 31 heavy (non-hydrogen) atoms. The number of morpholine rings is 1. The smallest absolute Gasteiger partial charge is 0.266 e. The molecule has 1 fully saturated rings. The zero-order valence-electron chi connectivity index (χ0n) is 17.3. The number of hydrogen-bond acceptors (Lipinski definition) is 7. The molecule has 0 atom stereocenters. The largest absolute Gasteiger partial charge is 0.481 e. The predicted molar refractivity (Wildman–Crippen MR) is 123 cm³/mol. The van der Waals surface area contributed by atoms with Crippen LogP contribution in [-0.4, -0.2) is 68.0 Å². The van der Waals surface area contributed by atoms with Crippen LogP contribution in [0.5, 0.6) is 5.75 Å². The van der Waals surface area contributed by atoms with Crippen molar-refractivity contribution in [3.63, 3.8) is 0 Å². The van der Waals surface area contributed by atoms with Gasteiger partial charge in [0.2, 0.25) is 0 Å². The first-order chi connectivity index (χ1) is 15.1. The number of carbonyl (C=O) groups excluding carboxylic acids is 1. The molecule has 1 amide bonds. The van der Waals surface area contributed by atoms with Gasteiger partial charge in [-0.25, -0.2) is 9.37 Å². The first-order valence-corrected chi connectivity index (χ1v) is 12.1. The van der Waals surface area contributed by atoms with E-state index in [0.717, 1.165) is 28.2 Å². The van der Waals surface area contributed by atoms with Gasteiger partial charge in [0.1, 0.15) is 0 Å². The van der Waals surface area contributed by atoms with Gasteiger partial charge in [0.15, 0.2) is 23.3 Å². The second kappa shape index (κ2) is 10.4. The number of thioether (sulfide) groups is 1. The number of hydrogen-bond donors (Lipinski definition) is 0. The van der Waals surface area contributed by atoms with Crippen LogP contribution < -0.4 is 9.64 Å². The molecule has 0 spiro atoms. The standard InChI is InChI=1S/C22H24FN3O3S2/c1-30-16-6-7-18-20(14-16)31-22(24-18)26(9-8-25-10-12-28-13-11-25)21(27)15-29-19-5-3-2-4-17(19)23/h2-7,14H,8-13,15H2,1H3. The lowest BCUT2D eigenvalue weighted by molar-refractivity contribution is -0.120. The topological polar surface area (TPSA) is 54.9 Å². The quantitative estimate of drug-likeness (QED) is 0.474. The highest BCUT2D eigenvalue weighted by Crippen LogP contribution is 2.31. The fourth-order valence-electron chi connectivity index (χ4n) is 3.31. The Balaban J connectivity index is 1.52. The van der Waals surface area contributed by atoms with Crippen molar-refractivity contribution in [1.29, 1.82) is 0 Å². The third-order valence-electron chi connectivity index (χ3n) is 5.05. The number of halogens is 1. The number of amides is 1. The van der Waals surface area contributed by atoms with Crippen molar-refractivity contribution in [2.75, 3.05) is 57.2 Å². The zero-order valence-corrected chi connectivity index (χ0v) is 18.9. The number of rotatable bonds is 8. The number of carbonyl (C=O) groups is 1. The summed E-state index contributed by atoms with van der Waals surface area (Å²) in [6.07, 6.45) is 2.03. The van der Waals surface area contributed by atoms with Crippen LogP contribution in [0.3, 0.4) is 0 Å². The van der Waals surface area contributed by atoms with E-state index in [0.29, 0.717) is 31.4 Å². The summed E-state index contributed by atoms with van der Waals surface area (Å²) in [6, 6.07) is 12.2. The van der Waals surface area contributed by atoms with E-state index in [1.54, 1.807) is 28.8 Å². The average molecular weight is 462 g/mol. The molecule has 4 rings (SSSR count). The molecule has 0 bridgehead atoms. The molecule has 0 unspecified atom stereocenters. The van der Waals surface area contributed by atoms with Gasteiger partial charge in [-0.3, -0.25) is 14.6 Å². The molecule has 3 aromatic rings. The van der Waals surface area contributed by atoms with Gasteiger partial charge in [0.05, 0.1) is 23.4 Å². The minimum atomic E-state index is -0.486. The SMILES string of the molecule is CSc1ccc2nc(N(CCN3CCOCC3)C(=O)COc3ccccc3F)sc2c1. The van der Waals surface area contributed by atoms with Crippen LogP contribution >= 0.6 is 23.1 Å². The lowest BCUT2D eigenvalue weighted by atomic mass is 10.3. The van der Waals surface area contributed by atoms with Crippen molar-refractivity contribution in [3.8, 4) is 5.75 Å². The summed E-state index contributed by atoms with van der Waals surface area (Å²) in [7, 11) is 0. The van der Waals surface area contributed by atoms with E-state index in [9.17, 15) is 9.18 Å². The zero-order chi connectivity index (χ0) is 21.6.